The fourth-order valence-electron chi connectivity index (χ4n) is 2.72. The normalized spacial score (nSPS) is 15.3. The second kappa shape index (κ2) is 6.87. The highest BCUT2D eigenvalue weighted by molar-refractivity contribution is 7.13. The molecule has 1 fully saturated rings. The summed E-state index contributed by atoms with van der Waals surface area (Å²) in [6.07, 6.45) is 1.05. The number of rotatable bonds is 4. The molecule has 1 saturated heterocycles. The first kappa shape index (κ1) is 16.2. The average molecular weight is 351 g/mol. The number of amides is 1. The Morgan fingerprint density at radius 1 is 1.42 bits per heavy atom. The van der Waals surface area contributed by atoms with Crippen LogP contribution in [0.4, 0.5) is 20.9 Å². The van der Waals surface area contributed by atoms with E-state index in [1.807, 2.05) is 0 Å². The highest BCUT2D eigenvalue weighted by Crippen LogP contribution is 2.32. The molecular formula is C14H14FN5O3S. The number of carbonyl (C=O) groups is 1. The lowest BCUT2D eigenvalue weighted by molar-refractivity contribution is -0.384. The number of nitro groups is 1. The Morgan fingerprint density at radius 3 is 2.79 bits per heavy atom. The molecule has 0 atom stereocenters. The number of hydrogen-bond donors (Lipinski definition) is 1. The van der Waals surface area contributed by atoms with Crippen LogP contribution in [0.5, 0.6) is 0 Å². The van der Waals surface area contributed by atoms with Crippen LogP contribution in [0, 0.1) is 21.8 Å². The zero-order valence-corrected chi connectivity index (χ0v) is 13.3. The molecular weight excluding hydrogens is 337 g/mol. The van der Waals surface area contributed by atoms with Crippen molar-refractivity contribution in [1.82, 2.24) is 10.2 Å². The lowest BCUT2D eigenvalue weighted by Gasteiger charge is -2.32. The summed E-state index contributed by atoms with van der Waals surface area (Å²) in [5.74, 6) is -0.871. The molecule has 0 bridgehead atoms. The average Bonchev–Trinajstić information content (AvgIpc) is 3.07. The molecule has 8 nitrogen and oxygen atoms in total. The second-order valence-corrected chi connectivity index (χ2v) is 6.22. The third-order valence-electron chi connectivity index (χ3n) is 3.93. The molecule has 1 aromatic carbocycles. The summed E-state index contributed by atoms with van der Waals surface area (Å²) in [5, 5.41) is 21.7. The van der Waals surface area contributed by atoms with E-state index < -0.39 is 10.7 Å². The van der Waals surface area contributed by atoms with Crippen molar-refractivity contribution in [3.05, 3.63) is 39.6 Å². The number of aromatic nitrogens is 2. The van der Waals surface area contributed by atoms with Crippen LogP contribution in [0.25, 0.3) is 0 Å². The number of nitrogens with zero attached hydrogens (tertiary/aromatic N) is 4. The molecule has 126 valence electrons. The van der Waals surface area contributed by atoms with Crippen molar-refractivity contribution in [2.24, 2.45) is 5.92 Å². The van der Waals surface area contributed by atoms with E-state index in [0.29, 0.717) is 31.1 Å². The van der Waals surface area contributed by atoms with Gasteiger partial charge in [0.25, 0.3) is 5.69 Å². The lowest BCUT2D eigenvalue weighted by Crippen LogP contribution is -2.38. The van der Waals surface area contributed by atoms with Crippen LogP contribution >= 0.6 is 11.3 Å². The zero-order chi connectivity index (χ0) is 17.1. The number of halogens is 1. The SMILES string of the molecule is O=C(Nc1nncs1)C1CCN(c2cc(F)ccc2[N+](=O)[O-])CC1. The van der Waals surface area contributed by atoms with Gasteiger partial charge in [0.2, 0.25) is 11.0 Å². The summed E-state index contributed by atoms with van der Waals surface area (Å²) in [7, 11) is 0. The topological polar surface area (TPSA) is 101 Å². The predicted molar refractivity (Wildman–Crippen MR) is 86.5 cm³/mol. The Morgan fingerprint density at radius 2 is 2.17 bits per heavy atom. The van der Waals surface area contributed by atoms with Gasteiger partial charge in [-0.15, -0.1) is 10.2 Å². The molecule has 3 rings (SSSR count). The highest BCUT2D eigenvalue weighted by Gasteiger charge is 2.29. The van der Waals surface area contributed by atoms with Gasteiger partial charge < -0.3 is 10.2 Å². The van der Waals surface area contributed by atoms with Crippen LogP contribution in [0.15, 0.2) is 23.7 Å². The van der Waals surface area contributed by atoms with Gasteiger partial charge in [0.1, 0.15) is 17.0 Å². The summed E-state index contributed by atoms with van der Waals surface area (Å²) in [5.41, 5.74) is 1.65. The summed E-state index contributed by atoms with van der Waals surface area (Å²) in [6.45, 7) is 0.886. The third-order valence-corrected chi connectivity index (χ3v) is 4.54. The summed E-state index contributed by atoms with van der Waals surface area (Å²) >= 11 is 1.24. The molecule has 0 spiro atoms. The lowest BCUT2D eigenvalue weighted by atomic mass is 9.95. The molecule has 1 amide bonds. The van der Waals surface area contributed by atoms with E-state index >= 15 is 0 Å². The number of nitro benzene ring substituents is 1. The number of nitrogens with one attached hydrogen (secondary N) is 1. The molecule has 2 heterocycles. The molecule has 2 aromatic rings. The van der Waals surface area contributed by atoms with Crippen molar-refractivity contribution >= 4 is 33.8 Å². The van der Waals surface area contributed by atoms with E-state index in [2.05, 4.69) is 15.5 Å². The molecule has 10 heteroatoms. The van der Waals surface area contributed by atoms with Gasteiger partial charge in [-0.2, -0.15) is 0 Å². The van der Waals surface area contributed by atoms with Gasteiger partial charge in [-0.25, -0.2) is 4.39 Å². The Hall–Kier alpha value is -2.62. The molecule has 0 aliphatic carbocycles. The van der Waals surface area contributed by atoms with Crippen molar-refractivity contribution in [3.63, 3.8) is 0 Å². The first-order chi connectivity index (χ1) is 11.5. The Balaban J connectivity index is 1.66. The van der Waals surface area contributed by atoms with Gasteiger partial charge in [0, 0.05) is 31.1 Å². The van der Waals surface area contributed by atoms with E-state index in [9.17, 15) is 19.3 Å². The van der Waals surface area contributed by atoms with Crippen molar-refractivity contribution < 1.29 is 14.1 Å². The molecule has 0 unspecified atom stereocenters. The van der Waals surface area contributed by atoms with Crippen LogP contribution < -0.4 is 10.2 Å². The highest BCUT2D eigenvalue weighted by atomic mass is 32.1. The van der Waals surface area contributed by atoms with E-state index in [1.54, 1.807) is 4.90 Å². The maximum absolute atomic E-state index is 13.5. The van der Waals surface area contributed by atoms with E-state index in [-0.39, 0.29) is 23.2 Å². The van der Waals surface area contributed by atoms with Gasteiger partial charge in [0.05, 0.1) is 4.92 Å². The van der Waals surface area contributed by atoms with Gasteiger partial charge in [-0.3, -0.25) is 14.9 Å². The fourth-order valence-corrected chi connectivity index (χ4v) is 3.17. The van der Waals surface area contributed by atoms with Crippen LogP contribution in [-0.4, -0.2) is 34.1 Å². The van der Waals surface area contributed by atoms with Crippen LogP contribution in [0.1, 0.15) is 12.8 Å². The molecule has 1 aromatic heterocycles. The summed E-state index contributed by atoms with van der Waals surface area (Å²) in [6, 6.07) is 3.41. The van der Waals surface area contributed by atoms with E-state index in [0.717, 1.165) is 6.07 Å². The summed E-state index contributed by atoms with van der Waals surface area (Å²) in [4.78, 5) is 24.5. The Labute approximate surface area is 140 Å². The van der Waals surface area contributed by atoms with Gasteiger partial charge in [-0.1, -0.05) is 11.3 Å². The van der Waals surface area contributed by atoms with Crippen molar-refractivity contribution in [3.8, 4) is 0 Å². The number of benzene rings is 1. The van der Waals surface area contributed by atoms with Gasteiger partial charge in [-0.05, 0) is 18.9 Å². The maximum Gasteiger partial charge on any atom is 0.292 e. The molecule has 1 aliphatic rings. The minimum Gasteiger partial charge on any atom is -0.366 e. The minimum atomic E-state index is -0.525. The molecule has 1 N–H and O–H groups in total. The van der Waals surface area contributed by atoms with E-state index in [4.69, 9.17) is 0 Å². The standard InChI is InChI=1S/C14H14FN5O3S/c15-10-1-2-11(20(22)23)12(7-10)19-5-3-9(4-6-19)13(21)17-14-18-16-8-24-14/h1-2,7-9H,3-6H2,(H,17,18,21). The van der Waals surface area contributed by atoms with Crippen LogP contribution in [0.3, 0.4) is 0 Å². The smallest absolute Gasteiger partial charge is 0.292 e. The maximum atomic E-state index is 13.5. The predicted octanol–water partition coefficient (Wildman–Crippen LogP) is 2.44. The largest absolute Gasteiger partial charge is 0.366 e. The van der Waals surface area contributed by atoms with Crippen molar-refractivity contribution in [2.75, 3.05) is 23.3 Å². The first-order valence-electron chi connectivity index (χ1n) is 7.30. The van der Waals surface area contributed by atoms with Crippen molar-refractivity contribution in [2.45, 2.75) is 12.8 Å². The Kier molecular flexibility index (Phi) is 4.65. The van der Waals surface area contributed by atoms with Crippen LogP contribution in [-0.2, 0) is 4.79 Å². The quantitative estimate of drug-likeness (QED) is 0.671. The number of hydrogen-bond acceptors (Lipinski definition) is 7. The van der Waals surface area contributed by atoms with Gasteiger partial charge in [0.15, 0.2) is 0 Å². The zero-order valence-electron chi connectivity index (χ0n) is 12.5. The second-order valence-electron chi connectivity index (χ2n) is 5.38. The molecule has 0 radical (unpaired) electrons. The monoisotopic (exact) mass is 351 g/mol. The third kappa shape index (κ3) is 3.48. The molecule has 0 saturated carbocycles. The summed E-state index contributed by atoms with van der Waals surface area (Å²) < 4.78 is 13.5. The van der Waals surface area contributed by atoms with Gasteiger partial charge >= 0.3 is 0 Å². The molecule has 24 heavy (non-hydrogen) atoms. The minimum absolute atomic E-state index is 0.131. The number of carbonyl (C=O) groups excluding carboxylic acids is 1. The fraction of sp³-hybridized carbons (Fsp3) is 0.357. The van der Waals surface area contributed by atoms with E-state index in [1.165, 1.54) is 29.0 Å². The Bertz CT molecular complexity index is 747. The van der Waals surface area contributed by atoms with Crippen molar-refractivity contribution in [1.29, 1.82) is 0 Å². The number of piperidine rings is 1. The molecule has 1 aliphatic heterocycles. The number of anilines is 2. The first-order valence-corrected chi connectivity index (χ1v) is 8.18. The van der Waals surface area contributed by atoms with Crippen LogP contribution in [0.2, 0.25) is 0 Å².